The predicted molar refractivity (Wildman–Crippen MR) is 544 cm³/mol. The number of furan rings is 1. The topological polar surface area (TPSA) is 239 Å². The lowest BCUT2D eigenvalue weighted by molar-refractivity contribution is 0.101. The van der Waals surface area contributed by atoms with E-state index in [0.29, 0.717) is 5.69 Å². The third-order valence-corrected chi connectivity index (χ3v) is 23.8. The van der Waals surface area contributed by atoms with Gasteiger partial charge in [-0.15, -0.1) is 11.3 Å². The van der Waals surface area contributed by atoms with Crippen LogP contribution in [0.2, 0.25) is 0 Å². The minimum absolute atomic E-state index is 0.0660. The van der Waals surface area contributed by atoms with Gasteiger partial charge in [0.25, 0.3) is 0 Å². The van der Waals surface area contributed by atoms with E-state index in [1.807, 2.05) is 231 Å². The number of nitrogens with zero attached hydrogens (tertiary/aromatic N) is 14. The number of ketones is 1. The Labute approximate surface area is 762 Å². The van der Waals surface area contributed by atoms with Gasteiger partial charge in [-0.3, -0.25) is 4.79 Å². The molecule has 21 aromatic rings. The summed E-state index contributed by atoms with van der Waals surface area (Å²) < 4.78 is 5.26. The molecule has 0 saturated heterocycles. The summed E-state index contributed by atoms with van der Waals surface area (Å²) >= 11 is 3.38. The molecule has 0 bridgehead atoms. The lowest BCUT2D eigenvalue weighted by Crippen LogP contribution is -2.13. The van der Waals surface area contributed by atoms with Gasteiger partial charge >= 0.3 is 0 Å². The molecule has 15 heterocycles. The normalized spacial score (nSPS) is 10.9. The second kappa shape index (κ2) is 39.1. The largest absolute Gasteiger partial charge is 0.472 e. The van der Waals surface area contributed by atoms with Crippen LogP contribution in [0.15, 0.2) is 314 Å². The Morgan fingerprint density at radius 1 is 0.354 bits per heavy atom. The molecular weight excluding hydrogens is 1650 g/mol. The molecule has 0 aliphatic heterocycles. The minimum Gasteiger partial charge on any atom is -0.472 e. The molecule has 24 heteroatoms. The Morgan fingerprint density at radius 3 is 1.02 bits per heavy atom. The van der Waals surface area contributed by atoms with E-state index < -0.39 is 0 Å². The summed E-state index contributed by atoms with van der Waals surface area (Å²) in [5.41, 5.74) is 33.5. The van der Waals surface area contributed by atoms with Crippen LogP contribution in [0.5, 0.6) is 0 Å². The van der Waals surface area contributed by atoms with Crippen molar-refractivity contribution in [2.75, 3.05) is 114 Å². The second-order valence-electron chi connectivity index (χ2n) is 32.3. The maximum absolute atomic E-state index is 11.9. The van der Waals surface area contributed by atoms with Crippen LogP contribution < -0.4 is 29.4 Å². The molecule has 0 radical (unpaired) electrons. The maximum atomic E-state index is 11.9. The molecular formula is C106H98N20O2S2. The first-order valence-electron chi connectivity index (χ1n) is 42.1. The van der Waals surface area contributed by atoms with E-state index in [4.69, 9.17) is 11.0 Å². The Kier molecular flexibility index (Phi) is 26.3. The molecule has 0 atom stereocenters. The summed E-state index contributed by atoms with van der Waals surface area (Å²) in [5, 5.41) is 14.0. The van der Waals surface area contributed by atoms with Crippen LogP contribution in [0, 0.1) is 6.57 Å². The summed E-state index contributed by atoms with van der Waals surface area (Å²) in [5.74, 6) is 0.0660. The average Bonchev–Trinajstić information content (AvgIpc) is 1.46. The summed E-state index contributed by atoms with van der Waals surface area (Å²) in [4.78, 5) is 77.7. The van der Waals surface area contributed by atoms with Gasteiger partial charge in [0, 0.05) is 293 Å². The molecule has 0 aliphatic rings. The van der Waals surface area contributed by atoms with Gasteiger partial charge in [-0.1, -0.05) is 49.1 Å². The molecule has 22 nitrogen and oxygen atoms in total. The van der Waals surface area contributed by atoms with E-state index in [1.165, 1.54) is 33.8 Å². The van der Waals surface area contributed by atoms with Crippen molar-refractivity contribution in [2.45, 2.75) is 6.92 Å². The highest BCUT2D eigenvalue weighted by atomic mass is 32.1. The van der Waals surface area contributed by atoms with Gasteiger partial charge in [0.2, 0.25) is 5.69 Å². The summed E-state index contributed by atoms with van der Waals surface area (Å²) in [6.45, 7) is 12.8. The number of fused-ring (bicyclic) bond motifs is 6. The molecule has 130 heavy (non-hydrogen) atoms. The van der Waals surface area contributed by atoms with E-state index in [-0.39, 0.29) is 5.78 Å². The van der Waals surface area contributed by atoms with E-state index in [2.05, 4.69) is 256 Å². The van der Waals surface area contributed by atoms with Crippen molar-refractivity contribution >= 4 is 141 Å². The van der Waals surface area contributed by atoms with Crippen molar-refractivity contribution in [3.63, 3.8) is 0 Å². The molecule has 0 fully saturated rings. The number of nitrogens with one attached hydrogen (secondary N) is 6. The molecule has 646 valence electrons. The number of anilines is 6. The number of aromatic amines is 6. The average molecular weight is 1750 g/mol. The molecule has 6 aromatic carbocycles. The monoisotopic (exact) mass is 1750 g/mol. The number of rotatable bonds is 17. The fourth-order valence-electron chi connectivity index (χ4n) is 15.6. The lowest BCUT2D eigenvalue weighted by Gasteiger charge is -2.18. The first-order chi connectivity index (χ1) is 63.1. The zero-order valence-corrected chi connectivity index (χ0v) is 76.2. The fourth-order valence-corrected chi connectivity index (χ4v) is 16.9. The van der Waals surface area contributed by atoms with E-state index >= 15 is 0 Å². The quantitative estimate of drug-likeness (QED) is 0.0367. The van der Waals surface area contributed by atoms with Crippen molar-refractivity contribution in [3.8, 4) is 99.6 Å². The molecule has 21 rings (SSSR count). The first kappa shape index (κ1) is 87.3. The maximum Gasteiger partial charge on any atom is 0.210 e. The second-order valence-corrected chi connectivity index (χ2v) is 34.0. The van der Waals surface area contributed by atoms with Crippen LogP contribution in [0.25, 0.3) is 177 Å². The van der Waals surface area contributed by atoms with Crippen LogP contribution >= 0.6 is 22.7 Å². The van der Waals surface area contributed by atoms with Crippen molar-refractivity contribution in [3.05, 3.63) is 332 Å². The number of H-pyrrole nitrogens is 6. The molecule has 0 amide bonds. The van der Waals surface area contributed by atoms with E-state index in [9.17, 15) is 4.79 Å². The van der Waals surface area contributed by atoms with Gasteiger partial charge in [0.05, 0.1) is 19.1 Å². The number of carbonyl (C=O) groups is 1. The van der Waals surface area contributed by atoms with Crippen molar-refractivity contribution in [1.82, 2.24) is 64.8 Å². The zero-order chi connectivity index (χ0) is 90.6. The third-order valence-electron chi connectivity index (χ3n) is 22.3. The summed E-state index contributed by atoms with van der Waals surface area (Å²) in [6.07, 6.45) is 29.9. The number of Topliss-reactive ketones (excluding diaryl/α,β-unsaturated/α-hetero) is 1. The van der Waals surface area contributed by atoms with Gasteiger partial charge in [-0.05, 0) is 225 Å². The molecule has 0 spiro atoms. The molecule has 0 saturated carbocycles. The van der Waals surface area contributed by atoms with Gasteiger partial charge in [-0.25, -0.2) is 39.7 Å². The molecule has 6 N–H and O–H groups in total. The molecule has 15 aromatic heterocycles. The number of thiazole rings is 1. The summed E-state index contributed by atoms with van der Waals surface area (Å²) in [6, 6.07) is 66.9. The van der Waals surface area contributed by atoms with Gasteiger partial charge in [-0.2, -0.15) is 11.3 Å². The third kappa shape index (κ3) is 19.6. The number of carbonyl (C=O) groups excluding carboxylic acids is 1. The zero-order valence-electron chi connectivity index (χ0n) is 74.5. The highest BCUT2D eigenvalue weighted by Crippen LogP contribution is 2.41. The van der Waals surface area contributed by atoms with Crippen molar-refractivity contribution < 1.29 is 9.21 Å². The Bertz CT molecular complexity index is 7180. The van der Waals surface area contributed by atoms with Crippen LogP contribution in [0.3, 0.4) is 0 Å². The SMILES string of the molecule is C=Cc1cc(-c2cnc3[nH]ccc3c2)ccc1N(C)C.CC(=O)c1cc(-c2cnc3[nH]ccc3c2)ccc1N(C)C.CN(C)c1ccc(-c2cnc3[nH]ccc3c2)cc1-c1ccoc1.CN(C)c1ccc(-c2cnc3[nH]ccc3c2)cc1-c1ccsc1.CN(C)c1ccc(-c2cnc3[nH]ccc3c2)cc1-c1nccs1.[C-]#[N+]c1cc(-c2cnc3[nH]ccc3c2)ccc1N(C)C. The van der Waals surface area contributed by atoms with Gasteiger partial charge in [0.15, 0.2) is 5.78 Å². The number of thiophene rings is 1. The van der Waals surface area contributed by atoms with Crippen LogP contribution in [-0.4, -0.2) is 155 Å². The number of hydrogen-bond acceptors (Lipinski definition) is 17. The number of aromatic nitrogens is 13. The highest BCUT2D eigenvalue weighted by molar-refractivity contribution is 7.13. The highest BCUT2D eigenvalue weighted by Gasteiger charge is 2.19. The number of benzene rings is 6. The minimum atomic E-state index is 0.0660. The Morgan fingerprint density at radius 2 is 0.692 bits per heavy atom. The van der Waals surface area contributed by atoms with Crippen molar-refractivity contribution in [1.29, 1.82) is 0 Å². The van der Waals surface area contributed by atoms with E-state index in [0.717, 1.165) is 177 Å². The summed E-state index contributed by atoms with van der Waals surface area (Å²) in [7, 11) is 24.2. The van der Waals surface area contributed by atoms with E-state index in [1.54, 1.807) is 42.1 Å². The Balaban J connectivity index is 0.000000114. The molecule has 0 unspecified atom stereocenters. The fraction of sp³-hybridized carbons (Fsp3) is 0.123. The smallest absolute Gasteiger partial charge is 0.210 e. The Hall–Kier alpha value is -16.2. The van der Waals surface area contributed by atoms with Gasteiger partial charge < -0.3 is 63.7 Å². The van der Waals surface area contributed by atoms with Crippen LogP contribution in [0.4, 0.5) is 39.8 Å². The molecule has 0 aliphatic carbocycles. The van der Waals surface area contributed by atoms with Crippen LogP contribution in [0.1, 0.15) is 22.8 Å². The predicted octanol–water partition coefficient (Wildman–Crippen LogP) is 25.3. The van der Waals surface area contributed by atoms with Crippen molar-refractivity contribution in [2.24, 2.45) is 0 Å². The lowest BCUT2D eigenvalue weighted by atomic mass is 9.99. The van der Waals surface area contributed by atoms with Crippen LogP contribution in [-0.2, 0) is 0 Å². The number of pyridine rings is 6. The van der Waals surface area contributed by atoms with Gasteiger partial charge in [0.1, 0.15) is 38.9 Å². The first-order valence-corrected chi connectivity index (χ1v) is 43.9. The number of hydrogen-bond donors (Lipinski definition) is 6. The standard InChI is InChI=1S/C19H17N3O.C19H17N3S.C18H16N4S.C17H17N3O.C17H17N3.C16H14N4/c2*1-22(2)18-4-3-13(10-17(18)15-6-8-23-12-15)16-9-14-5-7-20-19(14)21-11-16;1-22(2)16-4-3-12(10-15(16)18-20-7-8-23-18)14-9-13-5-6-19-17(13)21-11-14;1-11(21)15-9-12(4-5-16(15)20(2)3)14-8-13-6-7-18-17(13)19-10-14;1-4-12-9-13(5-6-16(12)20(2)3)15-10-14-7-8-18-17(14)19-11-15;1-17-14-9-11(4-5-15(14)20(2)3)13-8-12-6-7-18-16(12)19-10-13/h2*3-12H,1-2H3,(H,20,21);3-11H,1-2H3,(H,19,21);4-10H,1-3H3,(H,18,19);4-11H,1H2,2-3H3,(H,18,19);4-10H,2-3H3,(H,18,19).